The molecular weight excluding hydrogens is 467 g/mol. The lowest BCUT2D eigenvalue weighted by Crippen LogP contribution is -2.30. The number of aryl methyl sites for hydroxylation is 1. The molecule has 1 heterocycles. The van der Waals surface area contributed by atoms with Crippen molar-refractivity contribution in [2.24, 2.45) is 0 Å². The van der Waals surface area contributed by atoms with E-state index in [4.69, 9.17) is 21.1 Å². The van der Waals surface area contributed by atoms with Gasteiger partial charge in [0.05, 0.1) is 29.4 Å². The Bertz CT molecular complexity index is 1040. The smallest absolute Gasteiger partial charge is 0.335 e. The van der Waals surface area contributed by atoms with Crippen molar-refractivity contribution in [2.45, 2.75) is 40.5 Å². The van der Waals surface area contributed by atoms with Crippen LogP contribution < -0.4 is 14.5 Å². The first-order valence-electron chi connectivity index (χ1n) is 11.0. The molecule has 186 valence electrons. The molecule has 2 aromatic rings. The first-order valence-corrected chi connectivity index (χ1v) is 11.4. The van der Waals surface area contributed by atoms with Gasteiger partial charge in [0.15, 0.2) is 11.6 Å². The van der Waals surface area contributed by atoms with Gasteiger partial charge in [0, 0.05) is 30.9 Å². The van der Waals surface area contributed by atoms with Gasteiger partial charge in [-0.15, -0.1) is 0 Å². The highest BCUT2D eigenvalue weighted by molar-refractivity contribution is 6.33. The average Bonchev–Trinajstić information content (AvgIpc) is 2.79. The molecule has 0 atom stereocenters. The Morgan fingerprint density at radius 2 is 1.94 bits per heavy atom. The van der Waals surface area contributed by atoms with Gasteiger partial charge in [0.2, 0.25) is 5.82 Å². The highest BCUT2D eigenvalue weighted by atomic mass is 35.5. The van der Waals surface area contributed by atoms with Crippen LogP contribution in [0, 0.1) is 22.9 Å². The fourth-order valence-corrected chi connectivity index (χ4v) is 3.78. The van der Waals surface area contributed by atoms with E-state index in [1.165, 1.54) is 18.1 Å². The van der Waals surface area contributed by atoms with Gasteiger partial charge in [-0.2, -0.15) is 0 Å². The Labute approximate surface area is 203 Å². The summed E-state index contributed by atoms with van der Waals surface area (Å²) in [5, 5.41) is 12.3. The second kappa shape index (κ2) is 12.4. The van der Waals surface area contributed by atoms with Crippen LogP contribution in [0.2, 0.25) is 5.02 Å². The van der Waals surface area contributed by atoms with Crippen LogP contribution in [-0.2, 0) is 9.53 Å². The standard InChI is InChI=1S/C23H30ClFN4O5/c1-6-9-10-27(7-2)19-11-15(4)26-23(22(19)29(31)32)28(14-21(30)34-8-3)18-13-17(25)20(33-5)12-16(18)24/h11-13H,6-10,14H2,1-5H3. The minimum atomic E-state index is -0.746. The topological polar surface area (TPSA) is 98.0 Å². The number of hydrogen-bond donors (Lipinski definition) is 0. The van der Waals surface area contributed by atoms with E-state index in [1.54, 1.807) is 19.9 Å². The van der Waals surface area contributed by atoms with Crippen molar-refractivity contribution in [3.05, 3.63) is 44.8 Å². The maximum Gasteiger partial charge on any atom is 0.335 e. The number of carbonyl (C=O) groups is 1. The Kier molecular flexibility index (Phi) is 9.85. The SMILES string of the molecule is CCCCN(CC)c1cc(C)nc(N(CC(=O)OCC)c2cc(F)c(OC)cc2Cl)c1[N+](=O)[O-]. The number of nitrogens with zero attached hydrogens (tertiary/aromatic N) is 4. The number of carbonyl (C=O) groups excluding carboxylic acids is 1. The molecule has 0 aliphatic carbocycles. The molecule has 0 spiro atoms. The van der Waals surface area contributed by atoms with Gasteiger partial charge in [-0.1, -0.05) is 24.9 Å². The summed E-state index contributed by atoms with van der Waals surface area (Å²) in [4.78, 5) is 31.7. The predicted octanol–water partition coefficient (Wildman–Crippen LogP) is 5.43. The van der Waals surface area contributed by atoms with Crippen molar-refractivity contribution in [1.29, 1.82) is 0 Å². The third-order valence-electron chi connectivity index (χ3n) is 5.13. The number of ether oxygens (including phenoxy) is 2. The van der Waals surface area contributed by atoms with Crippen LogP contribution in [-0.4, -0.2) is 49.2 Å². The molecule has 0 aliphatic rings. The molecule has 0 saturated heterocycles. The highest BCUT2D eigenvalue weighted by Gasteiger charge is 2.32. The van der Waals surface area contributed by atoms with Gasteiger partial charge >= 0.3 is 11.7 Å². The quantitative estimate of drug-likeness (QED) is 0.218. The van der Waals surface area contributed by atoms with Gasteiger partial charge in [-0.25, -0.2) is 9.37 Å². The molecule has 34 heavy (non-hydrogen) atoms. The lowest BCUT2D eigenvalue weighted by molar-refractivity contribution is -0.383. The molecular formula is C23H30ClFN4O5. The minimum absolute atomic E-state index is 0.0248. The summed E-state index contributed by atoms with van der Waals surface area (Å²) in [6.45, 7) is 8.05. The molecule has 0 bridgehead atoms. The summed E-state index contributed by atoms with van der Waals surface area (Å²) < 4.78 is 24.7. The number of anilines is 3. The van der Waals surface area contributed by atoms with Gasteiger partial charge < -0.3 is 19.3 Å². The van der Waals surface area contributed by atoms with Gasteiger partial charge in [0.1, 0.15) is 12.2 Å². The monoisotopic (exact) mass is 496 g/mol. The molecule has 0 amide bonds. The molecule has 0 fully saturated rings. The third kappa shape index (κ3) is 6.25. The molecule has 1 aromatic heterocycles. The first-order chi connectivity index (χ1) is 16.2. The molecule has 0 saturated carbocycles. The normalized spacial score (nSPS) is 10.7. The largest absolute Gasteiger partial charge is 0.494 e. The maximum atomic E-state index is 14.6. The lowest BCUT2D eigenvalue weighted by Gasteiger charge is -2.28. The zero-order valence-electron chi connectivity index (χ0n) is 20.1. The highest BCUT2D eigenvalue weighted by Crippen LogP contribution is 2.43. The van der Waals surface area contributed by atoms with Crippen LogP contribution in [0.1, 0.15) is 39.3 Å². The van der Waals surface area contributed by atoms with E-state index in [2.05, 4.69) is 4.98 Å². The molecule has 0 unspecified atom stereocenters. The van der Waals surface area contributed by atoms with Crippen molar-refractivity contribution < 1.29 is 23.6 Å². The number of esters is 1. The number of unbranched alkanes of at least 4 members (excludes halogenated alkanes) is 1. The van der Waals surface area contributed by atoms with Crippen molar-refractivity contribution in [3.63, 3.8) is 0 Å². The number of benzene rings is 1. The molecule has 0 aliphatic heterocycles. The van der Waals surface area contributed by atoms with E-state index < -0.39 is 23.3 Å². The molecule has 11 heteroatoms. The summed E-state index contributed by atoms with van der Waals surface area (Å²) in [5.74, 6) is -1.65. The number of rotatable bonds is 12. The summed E-state index contributed by atoms with van der Waals surface area (Å²) in [5.41, 5.74) is 0.573. The number of nitro groups is 1. The second-order valence-corrected chi connectivity index (χ2v) is 7.88. The molecule has 1 aromatic carbocycles. The first kappa shape index (κ1) is 27.1. The van der Waals surface area contributed by atoms with E-state index in [0.717, 1.165) is 18.9 Å². The van der Waals surface area contributed by atoms with E-state index in [-0.39, 0.29) is 34.6 Å². The van der Waals surface area contributed by atoms with Crippen LogP contribution in [0.15, 0.2) is 18.2 Å². The third-order valence-corrected chi connectivity index (χ3v) is 5.43. The van der Waals surface area contributed by atoms with E-state index in [9.17, 15) is 19.3 Å². The summed E-state index contributed by atoms with van der Waals surface area (Å²) >= 11 is 6.41. The van der Waals surface area contributed by atoms with Crippen molar-refractivity contribution >= 4 is 40.5 Å². The number of hydrogen-bond acceptors (Lipinski definition) is 8. The molecule has 9 nitrogen and oxygen atoms in total. The maximum absolute atomic E-state index is 14.6. The number of methoxy groups -OCH3 is 1. The fraction of sp³-hybridized carbons (Fsp3) is 0.478. The van der Waals surface area contributed by atoms with E-state index in [1.807, 2.05) is 18.7 Å². The van der Waals surface area contributed by atoms with Crippen molar-refractivity contribution in [3.8, 4) is 5.75 Å². The summed E-state index contributed by atoms with van der Waals surface area (Å²) in [6.07, 6.45) is 1.75. The summed E-state index contributed by atoms with van der Waals surface area (Å²) in [6, 6.07) is 3.94. The Hall–Kier alpha value is -3.14. The Morgan fingerprint density at radius 3 is 2.50 bits per heavy atom. The molecule has 2 rings (SSSR count). The fourth-order valence-electron chi connectivity index (χ4n) is 3.53. The van der Waals surface area contributed by atoms with Crippen molar-refractivity contribution in [1.82, 2.24) is 4.98 Å². The van der Waals surface area contributed by atoms with Crippen LogP contribution in [0.5, 0.6) is 5.75 Å². The number of pyridine rings is 1. The van der Waals surface area contributed by atoms with Crippen LogP contribution in [0.4, 0.5) is 27.3 Å². The van der Waals surface area contributed by atoms with Gasteiger partial charge in [0.25, 0.3) is 0 Å². The number of aromatic nitrogens is 1. The van der Waals surface area contributed by atoms with Crippen LogP contribution in [0.3, 0.4) is 0 Å². The summed E-state index contributed by atoms with van der Waals surface area (Å²) in [7, 11) is 1.29. The van der Waals surface area contributed by atoms with Gasteiger partial charge in [-0.05, 0) is 33.3 Å². The van der Waals surface area contributed by atoms with Gasteiger partial charge in [-0.3, -0.25) is 14.9 Å². The van der Waals surface area contributed by atoms with E-state index in [0.29, 0.717) is 24.5 Å². The van der Waals surface area contributed by atoms with Crippen LogP contribution in [0.25, 0.3) is 0 Å². The predicted molar refractivity (Wildman–Crippen MR) is 130 cm³/mol. The Morgan fingerprint density at radius 1 is 1.24 bits per heavy atom. The van der Waals surface area contributed by atoms with Crippen LogP contribution >= 0.6 is 11.6 Å². The Balaban J connectivity index is 2.81. The average molecular weight is 497 g/mol. The van der Waals surface area contributed by atoms with Crippen molar-refractivity contribution in [2.75, 3.05) is 43.2 Å². The lowest BCUT2D eigenvalue weighted by atomic mass is 10.2. The molecule has 0 radical (unpaired) electrons. The zero-order valence-corrected chi connectivity index (χ0v) is 20.8. The van der Waals surface area contributed by atoms with E-state index >= 15 is 0 Å². The second-order valence-electron chi connectivity index (χ2n) is 7.47. The zero-order chi connectivity index (χ0) is 25.4. The number of halogens is 2. The molecule has 0 N–H and O–H groups in total. The minimum Gasteiger partial charge on any atom is -0.494 e.